The Morgan fingerprint density at radius 1 is 0.864 bits per heavy atom. The molecular weight excluding hydrogens is 564 g/mol. The number of hydrogen-bond acceptors (Lipinski definition) is 8. The highest BCUT2D eigenvalue weighted by molar-refractivity contribution is 5.91. The number of fused-ring (bicyclic) bond motifs is 1. The lowest BCUT2D eigenvalue weighted by Gasteiger charge is -2.36. The van der Waals surface area contributed by atoms with Crippen LogP contribution in [0, 0.1) is 0 Å². The van der Waals surface area contributed by atoms with Crippen LogP contribution in [0.1, 0.15) is 49.3 Å². The largest absolute Gasteiger partial charge is 0.497 e. The van der Waals surface area contributed by atoms with E-state index in [0.29, 0.717) is 40.1 Å². The van der Waals surface area contributed by atoms with Crippen LogP contribution >= 0.6 is 0 Å². The fraction of sp³-hybridized carbons (Fsp3) is 0.412. The highest BCUT2D eigenvalue weighted by Gasteiger charge is 2.39. The first-order valence-corrected chi connectivity index (χ1v) is 14.9. The minimum Gasteiger partial charge on any atom is -0.497 e. The minimum absolute atomic E-state index is 0.00117. The molecule has 1 saturated carbocycles. The van der Waals surface area contributed by atoms with E-state index in [1.165, 1.54) is 21.3 Å². The Balaban J connectivity index is 1.59. The molecule has 1 N–H and O–H groups in total. The van der Waals surface area contributed by atoms with Gasteiger partial charge in [-0.3, -0.25) is 9.59 Å². The zero-order valence-corrected chi connectivity index (χ0v) is 25.7. The van der Waals surface area contributed by atoms with Gasteiger partial charge in [-0.25, -0.2) is 0 Å². The third-order valence-corrected chi connectivity index (χ3v) is 8.09. The van der Waals surface area contributed by atoms with Crippen molar-refractivity contribution < 1.29 is 38.0 Å². The zero-order chi connectivity index (χ0) is 31.1. The van der Waals surface area contributed by atoms with Gasteiger partial charge in [0.1, 0.15) is 18.4 Å². The summed E-state index contributed by atoms with van der Waals surface area (Å²) in [5.74, 6) is 2.16. The minimum atomic E-state index is -1.05. The third kappa shape index (κ3) is 6.79. The summed E-state index contributed by atoms with van der Waals surface area (Å²) in [4.78, 5) is 30.4. The van der Waals surface area contributed by atoms with Crippen LogP contribution in [0.3, 0.4) is 0 Å². The smallest absolute Gasteiger partial charge is 0.268 e. The summed E-state index contributed by atoms with van der Waals surface area (Å²) < 4.78 is 34.2. The van der Waals surface area contributed by atoms with Crippen LogP contribution in [0.15, 0.2) is 60.7 Å². The molecule has 44 heavy (non-hydrogen) atoms. The number of carbonyl (C=O) groups excluding carboxylic acids is 2. The Bertz CT molecular complexity index is 1410. The van der Waals surface area contributed by atoms with E-state index in [-0.39, 0.29) is 25.1 Å². The van der Waals surface area contributed by atoms with Gasteiger partial charge in [0.15, 0.2) is 23.0 Å². The Hall–Kier alpha value is -4.60. The van der Waals surface area contributed by atoms with Gasteiger partial charge in [0, 0.05) is 12.6 Å². The monoisotopic (exact) mass is 604 g/mol. The Kier molecular flexibility index (Phi) is 9.99. The van der Waals surface area contributed by atoms with Crippen LogP contribution in [0.2, 0.25) is 0 Å². The number of carbonyl (C=O) groups is 2. The molecule has 0 bridgehead atoms. The van der Waals surface area contributed by atoms with Crippen LogP contribution in [-0.4, -0.2) is 63.9 Å². The lowest BCUT2D eigenvalue weighted by molar-refractivity contribution is -0.149. The van der Waals surface area contributed by atoms with Gasteiger partial charge >= 0.3 is 0 Å². The van der Waals surface area contributed by atoms with Crippen LogP contribution in [-0.2, 0) is 16.1 Å². The number of amides is 2. The van der Waals surface area contributed by atoms with Gasteiger partial charge < -0.3 is 38.6 Å². The normalized spacial score (nSPS) is 16.8. The van der Waals surface area contributed by atoms with E-state index in [1.54, 1.807) is 36.3 Å². The number of para-hydroxylation sites is 2. The first-order chi connectivity index (χ1) is 21.4. The van der Waals surface area contributed by atoms with Gasteiger partial charge in [-0.2, -0.15) is 0 Å². The molecule has 0 radical (unpaired) electrons. The second-order valence-corrected chi connectivity index (χ2v) is 10.9. The van der Waals surface area contributed by atoms with Gasteiger partial charge in [0.2, 0.25) is 17.8 Å². The number of rotatable bonds is 11. The van der Waals surface area contributed by atoms with E-state index in [9.17, 15) is 9.59 Å². The summed E-state index contributed by atoms with van der Waals surface area (Å²) in [6, 6.07) is 17.0. The van der Waals surface area contributed by atoms with E-state index >= 15 is 0 Å². The molecule has 0 spiro atoms. The Morgan fingerprint density at radius 2 is 1.52 bits per heavy atom. The summed E-state index contributed by atoms with van der Waals surface area (Å²) in [5.41, 5.74) is 1.31. The molecule has 0 aromatic heterocycles. The predicted octanol–water partition coefficient (Wildman–Crippen LogP) is 5.08. The van der Waals surface area contributed by atoms with E-state index < -0.39 is 18.1 Å². The SMILES string of the molecule is COc1ccc(CN(C(=O)C2COc3ccccc3O2)C(C(=O)NC2CCCCC2)c2cc(OC)c(OC)c(OC)c2)cc1. The number of nitrogens with one attached hydrogen (secondary N) is 1. The second-order valence-electron chi connectivity index (χ2n) is 10.9. The van der Waals surface area contributed by atoms with Crippen molar-refractivity contribution in [3.05, 3.63) is 71.8 Å². The molecule has 3 aromatic rings. The van der Waals surface area contributed by atoms with Crippen LogP contribution < -0.4 is 33.7 Å². The molecule has 10 heteroatoms. The molecule has 2 unspecified atom stereocenters. The molecule has 1 heterocycles. The van der Waals surface area contributed by atoms with Gasteiger partial charge in [0.25, 0.3) is 5.91 Å². The van der Waals surface area contributed by atoms with Gasteiger partial charge in [-0.15, -0.1) is 0 Å². The molecule has 2 amide bonds. The van der Waals surface area contributed by atoms with Crippen LogP contribution in [0.4, 0.5) is 0 Å². The lowest BCUT2D eigenvalue weighted by atomic mass is 9.94. The van der Waals surface area contributed by atoms with Crippen molar-refractivity contribution in [1.82, 2.24) is 10.2 Å². The lowest BCUT2D eigenvalue weighted by Crippen LogP contribution is -2.52. The van der Waals surface area contributed by atoms with Gasteiger partial charge in [-0.1, -0.05) is 43.5 Å². The van der Waals surface area contributed by atoms with Crippen molar-refractivity contribution in [2.45, 2.75) is 56.8 Å². The number of methoxy groups -OCH3 is 4. The first-order valence-electron chi connectivity index (χ1n) is 14.9. The molecule has 1 fully saturated rings. The summed E-state index contributed by atoms with van der Waals surface area (Å²) in [6.07, 6.45) is 4.02. The molecule has 2 aliphatic rings. The van der Waals surface area contributed by atoms with Crippen LogP contribution in [0.5, 0.6) is 34.5 Å². The fourth-order valence-corrected chi connectivity index (χ4v) is 5.81. The van der Waals surface area contributed by atoms with Gasteiger partial charge in [0.05, 0.1) is 28.4 Å². The number of hydrogen-bond donors (Lipinski definition) is 1. The number of ether oxygens (including phenoxy) is 6. The summed E-state index contributed by atoms with van der Waals surface area (Å²) >= 11 is 0. The van der Waals surface area contributed by atoms with Crippen molar-refractivity contribution in [3.63, 3.8) is 0 Å². The molecule has 0 saturated heterocycles. The van der Waals surface area contributed by atoms with E-state index in [2.05, 4.69) is 5.32 Å². The standard InChI is InChI=1S/C34H40N2O8/c1-39-25-16-14-22(15-17-25)20-36(34(38)30-21-43-26-12-8-9-13-27(26)44-30)31(33(37)35-24-10-6-5-7-11-24)23-18-28(40-2)32(42-4)29(19-23)41-3/h8-9,12-19,24,30-31H,5-7,10-11,20-21H2,1-4H3,(H,35,37). The molecule has 1 aliphatic carbocycles. The van der Waals surface area contributed by atoms with Crippen molar-refractivity contribution in [2.24, 2.45) is 0 Å². The Labute approximate surface area is 258 Å². The first kappa shape index (κ1) is 30.8. The van der Waals surface area contributed by atoms with Gasteiger partial charge in [-0.05, 0) is 60.4 Å². The predicted molar refractivity (Wildman–Crippen MR) is 164 cm³/mol. The number of nitrogens with zero attached hydrogens (tertiary/aromatic N) is 1. The van der Waals surface area contributed by atoms with Crippen molar-refractivity contribution in [2.75, 3.05) is 35.0 Å². The topological polar surface area (TPSA) is 105 Å². The summed E-state index contributed by atoms with van der Waals surface area (Å²) in [7, 11) is 6.15. The highest BCUT2D eigenvalue weighted by Crippen LogP contribution is 2.42. The third-order valence-electron chi connectivity index (χ3n) is 8.09. The highest BCUT2D eigenvalue weighted by atomic mass is 16.6. The molecule has 1 aliphatic heterocycles. The molecule has 234 valence electrons. The maximum Gasteiger partial charge on any atom is 0.268 e. The van der Waals surface area contributed by atoms with Crippen molar-refractivity contribution >= 4 is 11.8 Å². The van der Waals surface area contributed by atoms with E-state index in [4.69, 9.17) is 28.4 Å². The number of benzene rings is 3. The zero-order valence-electron chi connectivity index (χ0n) is 25.7. The molecule has 10 nitrogen and oxygen atoms in total. The van der Waals surface area contributed by atoms with E-state index in [1.807, 2.05) is 36.4 Å². The maximum atomic E-state index is 14.5. The second kappa shape index (κ2) is 14.2. The average Bonchev–Trinajstić information content (AvgIpc) is 3.07. The molecule has 5 rings (SSSR count). The average molecular weight is 605 g/mol. The fourth-order valence-electron chi connectivity index (χ4n) is 5.81. The molecule has 2 atom stereocenters. The van der Waals surface area contributed by atoms with Crippen LogP contribution in [0.25, 0.3) is 0 Å². The molecular formula is C34H40N2O8. The Morgan fingerprint density at radius 3 is 2.14 bits per heavy atom. The summed E-state index contributed by atoms with van der Waals surface area (Å²) in [6.45, 7) is 0.116. The van der Waals surface area contributed by atoms with Crippen molar-refractivity contribution in [1.29, 1.82) is 0 Å². The quantitative estimate of drug-likeness (QED) is 0.323. The summed E-state index contributed by atoms with van der Waals surface area (Å²) in [5, 5.41) is 3.24. The van der Waals surface area contributed by atoms with E-state index in [0.717, 1.165) is 37.7 Å². The molecule has 3 aromatic carbocycles. The van der Waals surface area contributed by atoms with Crippen molar-refractivity contribution in [3.8, 4) is 34.5 Å². The maximum absolute atomic E-state index is 14.5.